The Kier molecular flexibility index (Phi) is 8.24. The number of carbonyl (C=O) groups is 1. The van der Waals surface area contributed by atoms with E-state index in [0.29, 0.717) is 24.4 Å². The Labute approximate surface area is 203 Å². The summed E-state index contributed by atoms with van der Waals surface area (Å²) in [4.78, 5) is 17.4. The van der Waals surface area contributed by atoms with E-state index in [0.717, 1.165) is 69.7 Å². The molecular formula is C26H35N3O4S. The lowest BCUT2D eigenvalue weighted by Crippen LogP contribution is -2.49. The summed E-state index contributed by atoms with van der Waals surface area (Å²) in [5.74, 6) is 0.968. The maximum Gasteiger partial charge on any atom is 0.243 e. The van der Waals surface area contributed by atoms with Crippen molar-refractivity contribution in [2.45, 2.75) is 37.0 Å². The Morgan fingerprint density at radius 2 is 1.44 bits per heavy atom. The molecule has 8 heteroatoms. The highest BCUT2D eigenvalue weighted by atomic mass is 32.2. The molecule has 0 atom stereocenters. The van der Waals surface area contributed by atoms with Crippen LogP contribution in [0.2, 0.25) is 0 Å². The molecule has 1 amide bonds. The number of carbonyl (C=O) groups excluding carboxylic acids is 1. The van der Waals surface area contributed by atoms with Crippen LogP contribution >= 0.6 is 0 Å². The minimum absolute atomic E-state index is 0.0986. The predicted molar refractivity (Wildman–Crippen MR) is 132 cm³/mol. The molecule has 2 aromatic rings. The zero-order valence-corrected chi connectivity index (χ0v) is 20.8. The molecule has 2 aromatic carbocycles. The number of ether oxygens (including phenoxy) is 1. The van der Waals surface area contributed by atoms with Crippen molar-refractivity contribution in [2.75, 3.05) is 52.9 Å². The van der Waals surface area contributed by atoms with Gasteiger partial charge < -0.3 is 9.64 Å². The molecule has 0 N–H and O–H groups in total. The van der Waals surface area contributed by atoms with Gasteiger partial charge in [0.2, 0.25) is 15.9 Å². The molecule has 0 saturated carbocycles. The van der Waals surface area contributed by atoms with E-state index in [1.165, 1.54) is 5.56 Å². The summed E-state index contributed by atoms with van der Waals surface area (Å²) in [5.41, 5.74) is 2.13. The fourth-order valence-corrected chi connectivity index (χ4v) is 6.14. The molecule has 7 nitrogen and oxygen atoms in total. The van der Waals surface area contributed by atoms with Crippen molar-refractivity contribution in [2.24, 2.45) is 0 Å². The monoisotopic (exact) mass is 485 g/mol. The van der Waals surface area contributed by atoms with Crippen molar-refractivity contribution < 1.29 is 17.9 Å². The maximum absolute atomic E-state index is 12.8. The second kappa shape index (κ2) is 11.3. The first-order valence-electron chi connectivity index (χ1n) is 12.2. The molecule has 0 aromatic heterocycles. The summed E-state index contributed by atoms with van der Waals surface area (Å²) >= 11 is 0. The van der Waals surface area contributed by atoms with Gasteiger partial charge in [-0.3, -0.25) is 9.69 Å². The first kappa shape index (κ1) is 24.7. The average molecular weight is 486 g/mol. The zero-order chi connectivity index (χ0) is 24.0. The van der Waals surface area contributed by atoms with E-state index in [1.807, 2.05) is 17.0 Å². The van der Waals surface area contributed by atoms with Crippen LogP contribution in [0.25, 0.3) is 0 Å². The normalized spacial score (nSPS) is 18.1. The zero-order valence-electron chi connectivity index (χ0n) is 20.0. The number of benzene rings is 2. The van der Waals surface area contributed by atoms with Gasteiger partial charge >= 0.3 is 0 Å². The Morgan fingerprint density at radius 3 is 2.06 bits per heavy atom. The quantitative estimate of drug-likeness (QED) is 0.575. The highest BCUT2D eigenvalue weighted by Crippen LogP contribution is 2.21. The summed E-state index contributed by atoms with van der Waals surface area (Å²) in [6, 6.07) is 15.0. The van der Waals surface area contributed by atoms with Crippen molar-refractivity contribution in [3.63, 3.8) is 0 Å². The second-order valence-electron chi connectivity index (χ2n) is 9.11. The van der Waals surface area contributed by atoms with E-state index in [9.17, 15) is 13.2 Å². The molecule has 0 unspecified atom stereocenters. The lowest BCUT2D eigenvalue weighted by Gasteiger charge is -2.35. The van der Waals surface area contributed by atoms with Crippen molar-refractivity contribution in [3.05, 3.63) is 59.7 Å². The maximum atomic E-state index is 12.8. The number of nitrogens with zero attached hydrogens (tertiary/aromatic N) is 3. The number of methoxy groups -OCH3 is 1. The number of hydrogen-bond donors (Lipinski definition) is 0. The van der Waals surface area contributed by atoms with Gasteiger partial charge in [0.15, 0.2) is 0 Å². The minimum atomic E-state index is -3.44. The molecule has 2 heterocycles. The molecule has 0 bridgehead atoms. The first-order valence-corrected chi connectivity index (χ1v) is 13.6. The smallest absolute Gasteiger partial charge is 0.243 e. The van der Waals surface area contributed by atoms with Crippen molar-refractivity contribution >= 4 is 15.9 Å². The highest BCUT2D eigenvalue weighted by molar-refractivity contribution is 7.89. The Balaban J connectivity index is 1.23. The first-order chi connectivity index (χ1) is 16.5. The lowest BCUT2D eigenvalue weighted by atomic mass is 10.1. The number of sulfonamides is 1. The molecule has 0 radical (unpaired) electrons. The largest absolute Gasteiger partial charge is 0.497 e. The lowest BCUT2D eigenvalue weighted by molar-refractivity contribution is -0.132. The number of piperidine rings is 1. The summed E-state index contributed by atoms with van der Waals surface area (Å²) in [5, 5.41) is 0. The molecule has 34 heavy (non-hydrogen) atoms. The van der Waals surface area contributed by atoms with Gasteiger partial charge in [-0.05, 0) is 54.7 Å². The van der Waals surface area contributed by atoms with Gasteiger partial charge in [-0.25, -0.2) is 8.42 Å². The summed E-state index contributed by atoms with van der Waals surface area (Å²) in [7, 11) is -1.76. The van der Waals surface area contributed by atoms with Crippen LogP contribution < -0.4 is 4.74 Å². The number of hydrogen-bond acceptors (Lipinski definition) is 5. The molecule has 2 aliphatic rings. The fourth-order valence-electron chi connectivity index (χ4n) is 4.62. The third kappa shape index (κ3) is 6.17. The van der Waals surface area contributed by atoms with Gasteiger partial charge in [0.1, 0.15) is 5.75 Å². The third-order valence-corrected chi connectivity index (χ3v) is 8.75. The van der Waals surface area contributed by atoms with E-state index in [1.54, 1.807) is 35.7 Å². The van der Waals surface area contributed by atoms with Gasteiger partial charge in [0, 0.05) is 45.8 Å². The van der Waals surface area contributed by atoms with Crippen molar-refractivity contribution in [1.29, 1.82) is 0 Å². The van der Waals surface area contributed by atoms with E-state index < -0.39 is 10.0 Å². The van der Waals surface area contributed by atoms with Crippen LogP contribution in [0.4, 0.5) is 0 Å². The molecule has 184 valence electrons. The molecule has 0 aliphatic carbocycles. The number of amides is 1. The Hall–Kier alpha value is -2.42. The molecule has 2 aliphatic heterocycles. The van der Waals surface area contributed by atoms with Gasteiger partial charge in [0.25, 0.3) is 0 Å². The SMILES string of the molecule is COc1ccc(CCN2CCN(C(=O)Cc3ccc(S(=O)(=O)N4CCCCC4)cc3)CC2)cc1. The molecule has 2 fully saturated rings. The van der Waals surface area contributed by atoms with Gasteiger partial charge in [-0.2, -0.15) is 4.31 Å². The second-order valence-corrected chi connectivity index (χ2v) is 11.0. The molecular weight excluding hydrogens is 450 g/mol. The summed E-state index contributed by atoms with van der Waals surface area (Å²) < 4.78 is 32.4. The molecule has 4 rings (SSSR count). The topological polar surface area (TPSA) is 70.2 Å². The summed E-state index contributed by atoms with van der Waals surface area (Å²) in [6.07, 6.45) is 4.20. The molecule has 2 saturated heterocycles. The third-order valence-electron chi connectivity index (χ3n) is 6.83. The number of rotatable bonds is 8. The van der Waals surface area contributed by atoms with E-state index in [2.05, 4.69) is 17.0 Å². The van der Waals surface area contributed by atoms with E-state index in [-0.39, 0.29) is 5.91 Å². The fraction of sp³-hybridized carbons (Fsp3) is 0.500. The Morgan fingerprint density at radius 1 is 0.824 bits per heavy atom. The van der Waals surface area contributed by atoms with Crippen LogP contribution in [-0.2, 0) is 27.7 Å². The van der Waals surface area contributed by atoms with Gasteiger partial charge in [-0.1, -0.05) is 30.7 Å². The van der Waals surface area contributed by atoms with Gasteiger partial charge in [-0.15, -0.1) is 0 Å². The number of piperazine rings is 1. The van der Waals surface area contributed by atoms with Crippen LogP contribution in [0.3, 0.4) is 0 Å². The predicted octanol–water partition coefficient (Wildman–Crippen LogP) is 2.80. The molecule has 0 spiro atoms. The highest BCUT2D eigenvalue weighted by Gasteiger charge is 2.26. The van der Waals surface area contributed by atoms with Crippen LogP contribution in [0.1, 0.15) is 30.4 Å². The van der Waals surface area contributed by atoms with E-state index >= 15 is 0 Å². The average Bonchev–Trinajstić information content (AvgIpc) is 2.89. The minimum Gasteiger partial charge on any atom is -0.497 e. The van der Waals surface area contributed by atoms with Crippen LogP contribution in [0.15, 0.2) is 53.4 Å². The van der Waals surface area contributed by atoms with Crippen LogP contribution in [-0.4, -0.2) is 81.4 Å². The van der Waals surface area contributed by atoms with Crippen molar-refractivity contribution in [3.8, 4) is 5.75 Å². The standard InChI is InChI=1S/C26H35N3O4S/c1-33-24-9-5-22(6-10-24)13-16-27-17-19-28(20-18-27)26(30)21-23-7-11-25(12-8-23)34(31,32)29-14-3-2-4-15-29/h5-12H,2-4,13-21H2,1H3. The van der Waals surface area contributed by atoms with E-state index in [4.69, 9.17) is 4.74 Å². The Bertz CT molecular complexity index is 1040. The van der Waals surface area contributed by atoms with Crippen LogP contribution in [0, 0.1) is 0 Å². The van der Waals surface area contributed by atoms with Crippen LogP contribution in [0.5, 0.6) is 5.75 Å². The van der Waals surface area contributed by atoms with Crippen molar-refractivity contribution in [1.82, 2.24) is 14.1 Å². The summed E-state index contributed by atoms with van der Waals surface area (Å²) in [6.45, 7) is 5.35. The van der Waals surface area contributed by atoms with Gasteiger partial charge in [0.05, 0.1) is 18.4 Å².